The van der Waals surface area contributed by atoms with Crippen LogP contribution < -0.4 is 10.9 Å². The van der Waals surface area contributed by atoms with E-state index in [4.69, 9.17) is 0 Å². The number of carbonyl (C=O) groups excluding carboxylic acids is 1. The summed E-state index contributed by atoms with van der Waals surface area (Å²) in [7, 11) is 0. The molecule has 0 bridgehead atoms. The van der Waals surface area contributed by atoms with Crippen molar-refractivity contribution in [2.45, 2.75) is 32.7 Å². The highest BCUT2D eigenvalue weighted by atomic mass is 32.1. The Balaban J connectivity index is 1.52. The number of hydrogen-bond donors (Lipinski definition) is 1. The number of hydrogen-bond acceptors (Lipinski definition) is 4. The molecule has 0 aliphatic heterocycles. The Kier molecular flexibility index (Phi) is 6.28. The number of aryl methyl sites for hydroxylation is 1. The van der Waals surface area contributed by atoms with Crippen LogP contribution in [0.1, 0.15) is 30.4 Å². The van der Waals surface area contributed by atoms with Crippen molar-refractivity contribution in [2.24, 2.45) is 0 Å². The predicted octanol–water partition coefficient (Wildman–Crippen LogP) is 4.74. The maximum Gasteiger partial charge on any atom is 0.262 e. The van der Waals surface area contributed by atoms with Gasteiger partial charge in [-0.1, -0.05) is 67.6 Å². The zero-order chi connectivity index (χ0) is 21.8. The highest BCUT2D eigenvalue weighted by molar-refractivity contribution is 7.22. The number of amides is 1. The van der Waals surface area contributed by atoms with Crippen molar-refractivity contribution in [3.63, 3.8) is 0 Å². The Hall–Kier alpha value is -3.25. The van der Waals surface area contributed by atoms with E-state index < -0.39 is 0 Å². The molecule has 0 spiro atoms. The molecule has 4 aromatic rings. The van der Waals surface area contributed by atoms with Crippen molar-refractivity contribution in [3.8, 4) is 10.4 Å². The van der Waals surface area contributed by atoms with E-state index in [2.05, 4.69) is 29.4 Å². The van der Waals surface area contributed by atoms with Gasteiger partial charge < -0.3 is 5.32 Å². The Labute approximate surface area is 185 Å². The third kappa shape index (κ3) is 4.44. The lowest BCUT2D eigenvalue weighted by molar-refractivity contribution is -0.121. The summed E-state index contributed by atoms with van der Waals surface area (Å²) in [6.07, 6.45) is 2.40. The third-order valence-corrected chi connectivity index (χ3v) is 6.83. The van der Waals surface area contributed by atoms with Crippen molar-refractivity contribution in [1.29, 1.82) is 0 Å². The third-order valence-electron chi connectivity index (χ3n) is 5.58. The molecule has 4 rings (SSSR count). The van der Waals surface area contributed by atoms with E-state index in [-0.39, 0.29) is 23.9 Å². The number of nitrogens with zero attached hydrogens (tertiary/aromatic N) is 2. The molecule has 0 saturated heterocycles. The van der Waals surface area contributed by atoms with Crippen LogP contribution in [0.3, 0.4) is 0 Å². The van der Waals surface area contributed by atoms with Crippen LogP contribution in [0, 0.1) is 6.92 Å². The molecule has 0 unspecified atom stereocenters. The number of thiophene rings is 1. The largest absolute Gasteiger partial charge is 0.354 e. The summed E-state index contributed by atoms with van der Waals surface area (Å²) in [5.41, 5.74) is 3.01. The molecule has 0 radical (unpaired) electrons. The first kappa shape index (κ1) is 21.0. The quantitative estimate of drug-likeness (QED) is 0.460. The average molecular weight is 432 g/mol. The Bertz CT molecular complexity index is 1250. The lowest BCUT2D eigenvalue weighted by Crippen LogP contribution is -2.34. The van der Waals surface area contributed by atoms with Gasteiger partial charge in [0, 0.05) is 17.3 Å². The highest BCUT2D eigenvalue weighted by Crippen LogP contribution is 2.35. The molecule has 2 aromatic carbocycles. The lowest BCUT2D eigenvalue weighted by Gasteiger charge is -2.16. The lowest BCUT2D eigenvalue weighted by atomic mass is 9.96. The van der Waals surface area contributed by atoms with Crippen LogP contribution in [0.2, 0.25) is 0 Å². The molecule has 5 nitrogen and oxygen atoms in total. The summed E-state index contributed by atoms with van der Waals surface area (Å²) >= 11 is 1.51. The van der Waals surface area contributed by atoms with E-state index in [1.54, 1.807) is 0 Å². The minimum Gasteiger partial charge on any atom is -0.354 e. The summed E-state index contributed by atoms with van der Waals surface area (Å²) < 4.78 is 1.40. The molecular formula is C25H25N3O2S. The zero-order valence-electron chi connectivity index (χ0n) is 17.7. The molecule has 1 N–H and O–H groups in total. The molecule has 6 heteroatoms. The Morgan fingerprint density at radius 3 is 2.45 bits per heavy atom. The van der Waals surface area contributed by atoms with Crippen molar-refractivity contribution in [3.05, 3.63) is 88.5 Å². The molecule has 2 heterocycles. The van der Waals surface area contributed by atoms with Crippen molar-refractivity contribution >= 4 is 27.5 Å². The van der Waals surface area contributed by atoms with Gasteiger partial charge in [-0.25, -0.2) is 4.98 Å². The zero-order valence-corrected chi connectivity index (χ0v) is 18.5. The fourth-order valence-electron chi connectivity index (χ4n) is 3.81. The van der Waals surface area contributed by atoms with Crippen LogP contribution in [0.25, 0.3) is 20.7 Å². The van der Waals surface area contributed by atoms with Gasteiger partial charge in [0.15, 0.2) is 0 Å². The fourth-order valence-corrected chi connectivity index (χ4v) is 4.95. The maximum atomic E-state index is 13.1. The van der Waals surface area contributed by atoms with Gasteiger partial charge in [-0.05, 0) is 30.0 Å². The van der Waals surface area contributed by atoms with Gasteiger partial charge in [-0.15, -0.1) is 11.3 Å². The topological polar surface area (TPSA) is 64.0 Å². The maximum absolute atomic E-state index is 13.1. The second-order valence-corrected chi connectivity index (χ2v) is 8.60. The minimum absolute atomic E-state index is 0.0387. The van der Waals surface area contributed by atoms with E-state index in [0.29, 0.717) is 16.8 Å². The molecule has 158 valence electrons. The standard InChI is InChI=1S/C25H25N3O2S/c1-3-18(19-10-6-4-7-11-19)14-26-21(29)15-28-16-27-24-22(25(28)30)17(2)23(31-24)20-12-8-5-9-13-20/h4-13,16,18H,3,14-15H2,1-2H3,(H,26,29)/t18-/m1/s1. The SMILES string of the molecule is CC[C@H](CNC(=O)Cn1cnc2sc(-c3ccccc3)c(C)c2c1=O)c1ccccc1. The number of benzene rings is 2. The predicted molar refractivity (Wildman–Crippen MR) is 127 cm³/mol. The first-order valence-electron chi connectivity index (χ1n) is 10.4. The fraction of sp³-hybridized carbons (Fsp3) is 0.240. The molecule has 0 fully saturated rings. The van der Waals surface area contributed by atoms with Crippen LogP contribution in [0.15, 0.2) is 71.8 Å². The summed E-state index contributed by atoms with van der Waals surface area (Å²) in [6, 6.07) is 20.1. The van der Waals surface area contributed by atoms with Crippen molar-refractivity contribution < 1.29 is 4.79 Å². The van der Waals surface area contributed by atoms with Gasteiger partial charge in [0.05, 0.1) is 11.7 Å². The summed E-state index contributed by atoms with van der Waals surface area (Å²) in [4.78, 5) is 31.9. The van der Waals surface area contributed by atoms with Crippen LogP contribution in [-0.2, 0) is 11.3 Å². The van der Waals surface area contributed by atoms with E-state index in [1.165, 1.54) is 27.8 Å². The van der Waals surface area contributed by atoms with Crippen LogP contribution in [0.5, 0.6) is 0 Å². The second kappa shape index (κ2) is 9.27. The Morgan fingerprint density at radius 1 is 1.10 bits per heavy atom. The van der Waals surface area contributed by atoms with Gasteiger partial charge >= 0.3 is 0 Å². The summed E-state index contributed by atoms with van der Waals surface area (Å²) in [5, 5.41) is 3.57. The van der Waals surface area contributed by atoms with Gasteiger partial charge in [-0.3, -0.25) is 14.2 Å². The number of nitrogens with one attached hydrogen (secondary N) is 1. The molecule has 0 aliphatic rings. The number of fused-ring (bicyclic) bond motifs is 1. The van der Waals surface area contributed by atoms with Crippen LogP contribution in [0.4, 0.5) is 0 Å². The molecule has 0 saturated carbocycles. The molecule has 1 atom stereocenters. The molecule has 2 aromatic heterocycles. The first-order valence-corrected chi connectivity index (χ1v) is 11.3. The minimum atomic E-state index is -0.186. The van der Waals surface area contributed by atoms with Gasteiger partial charge in [0.1, 0.15) is 11.4 Å². The number of rotatable bonds is 7. The monoisotopic (exact) mass is 431 g/mol. The van der Waals surface area contributed by atoms with Crippen LogP contribution >= 0.6 is 11.3 Å². The smallest absolute Gasteiger partial charge is 0.262 e. The molecule has 0 aliphatic carbocycles. The van der Waals surface area contributed by atoms with Gasteiger partial charge in [0.25, 0.3) is 5.56 Å². The molecule has 31 heavy (non-hydrogen) atoms. The molecule has 1 amide bonds. The number of aromatic nitrogens is 2. The first-order chi connectivity index (χ1) is 15.1. The Morgan fingerprint density at radius 2 is 1.77 bits per heavy atom. The van der Waals surface area contributed by atoms with Crippen molar-refractivity contribution in [1.82, 2.24) is 14.9 Å². The van der Waals surface area contributed by atoms with E-state index in [1.807, 2.05) is 55.5 Å². The van der Waals surface area contributed by atoms with Gasteiger partial charge in [-0.2, -0.15) is 0 Å². The summed E-state index contributed by atoms with van der Waals surface area (Å²) in [5.74, 6) is 0.0591. The highest BCUT2D eigenvalue weighted by Gasteiger charge is 2.17. The summed E-state index contributed by atoms with van der Waals surface area (Å²) in [6.45, 7) is 4.55. The van der Waals surface area contributed by atoms with E-state index >= 15 is 0 Å². The normalized spacial score (nSPS) is 12.1. The van der Waals surface area contributed by atoms with Crippen molar-refractivity contribution in [2.75, 3.05) is 6.54 Å². The molecular weight excluding hydrogens is 406 g/mol. The van der Waals surface area contributed by atoms with Crippen LogP contribution in [-0.4, -0.2) is 22.0 Å². The number of carbonyl (C=O) groups is 1. The second-order valence-electron chi connectivity index (χ2n) is 7.60. The van der Waals surface area contributed by atoms with E-state index in [9.17, 15) is 9.59 Å². The van der Waals surface area contributed by atoms with Gasteiger partial charge in [0.2, 0.25) is 5.91 Å². The van der Waals surface area contributed by atoms with E-state index in [0.717, 1.165) is 22.4 Å². The average Bonchev–Trinajstić information content (AvgIpc) is 3.14.